The maximum atomic E-state index is 12.7. The van der Waals surface area contributed by atoms with Gasteiger partial charge in [0.1, 0.15) is 9.96 Å². The van der Waals surface area contributed by atoms with Crippen molar-refractivity contribution in [2.75, 3.05) is 5.32 Å². The molecule has 0 unspecified atom stereocenters. The number of hydrogen-bond donors (Lipinski definition) is 1. The molecule has 0 aliphatic rings. The monoisotopic (exact) mass is 467 g/mol. The van der Waals surface area contributed by atoms with Gasteiger partial charge in [0.2, 0.25) is 9.84 Å². The quantitative estimate of drug-likeness (QED) is 0.411. The summed E-state index contributed by atoms with van der Waals surface area (Å²) in [5.41, 5.74) is -0.221. The van der Waals surface area contributed by atoms with Crippen LogP contribution >= 0.6 is 22.9 Å². The number of rotatable bonds is 7. The lowest BCUT2D eigenvalue weighted by atomic mass is 10.3. The number of amides is 1. The largest absolute Gasteiger partial charge is 0.481 e. The highest BCUT2D eigenvalue weighted by atomic mass is 35.5. The SMILES string of the molecule is C[C@H](Oc1ccc(Cl)cc1)C(=O)Nc1ncc(S(=O)(=O)c2ccc([N+](=O)[O-])cc2)s1. The highest BCUT2D eigenvalue weighted by Crippen LogP contribution is 2.29. The van der Waals surface area contributed by atoms with Crippen molar-refractivity contribution in [1.29, 1.82) is 0 Å². The van der Waals surface area contributed by atoms with Crippen molar-refractivity contribution >= 4 is 49.5 Å². The molecule has 156 valence electrons. The Morgan fingerprint density at radius 1 is 1.20 bits per heavy atom. The number of carbonyl (C=O) groups is 1. The molecule has 9 nitrogen and oxygen atoms in total. The number of benzene rings is 2. The number of nitro benzene ring substituents is 1. The van der Waals surface area contributed by atoms with Gasteiger partial charge in [0.25, 0.3) is 11.6 Å². The van der Waals surface area contributed by atoms with E-state index < -0.39 is 26.8 Å². The number of nitrogens with zero attached hydrogens (tertiary/aromatic N) is 2. The summed E-state index contributed by atoms with van der Waals surface area (Å²) in [7, 11) is -3.93. The number of aromatic nitrogens is 1. The molecule has 12 heteroatoms. The Labute approximate surface area is 180 Å². The Morgan fingerprint density at radius 3 is 2.43 bits per heavy atom. The van der Waals surface area contributed by atoms with Crippen LogP contribution in [-0.4, -0.2) is 30.3 Å². The van der Waals surface area contributed by atoms with Gasteiger partial charge in [-0.15, -0.1) is 0 Å². The lowest BCUT2D eigenvalue weighted by Crippen LogP contribution is -2.30. The molecule has 0 bridgehead atoms. The van der Waals surface area contributed by atoms with Crippen LogP contribution < -0.4 is 10.1 Å². The molecule has 0 aliphatic heterocycles. The summed E-state index contributed by atoms with van der Waals surface area (Å²) in [5.74, 6) is -0.0683. The van der Waals surface area contributed by atoms with E-state index in [0.29, 0.717) is 10.8 Å². The number of thiazole rings is 1. The smallest absolute Gasteiger partial charge is 0.269 e. The number of halogens is 1. The van der Waals surface area contributed by atoms with Gasteiger partial charge in [-0.2, -0.15) is 0 Å². The molecular weight excluding hydrogens is 454 g/mol. The minimum atomic E-state index is -3.93. The van der Waals surface area contributed by atoms with Gasteiger partial charge in [-0.25, -0.2) is 13.4 Å². The number of sulfone groups is 1. The number of carbonyl (C=O) groups excluding carboxylic acids is 1. The van der Waals surface area contributed by atoms with Crippen molar-refractivity contribution in [3.63, 3.8) is 0 Å². The van der Waals surface area contributed by atoms with Crippen molar-refractivity contribution in [3.05, 3.63) is 69.9 Å². The first-order valence-corrected chi connectivity index (χ1v) is 11.0. The van der Waals surface area contributed by atoms with E-state index in [-0.39, 0.29) is 19.9 Å². The normalized spacial score (nSPS) is 12.2. The second-order valence-electron chi connectivity index (χ2n) is 5.94. The molecule has 3 aromatic rings. The van der Waals surface area contributed by atoms with Crippen LogP contribution in [0.15, 0.2) is 63.8 Å². The first-order valence-electron chi connectivity index (χ1n) is 8.35. The van der Waals surface area contributed by atoms with Crippen LogP contribution in [0.4, 0.5) is 10.8 Å². The minimum absolute atomic E-state index is 0.0760. The molecule has 0 fully saturated rings. The van der Waals surface area contributed by atoms with E-state index in [9.17, 15) is 23.3 Å². The van der Waals surface area contributed by atoms with Crippen LogP contribution in [0.2, 0.25) is 5.02 Å². The lowest BCUT2D eigenvalue weighted by molar-refractivity contribution is -0.384. The number of non-ortho nitro benzene ring substituents is 1. The van der Waals surface area contributed by atoms with Gasteiger partial charge in [-0.3, -0.25) is 20.2 Å². The Hall–Kier alpha value is -3.02. The average molecular weight is 468 g/mol. The fourth-order valence-corrected chi connectivity index (χ4v) is 4.84. The second kappa shape index (κ2) is 8.78. The average Bonchev–Trinajstić information content (AvgIpc) is 3.19. The van der Waals surface area contributed by atoms with E-state index in [1.807, 2.05) is 0 Å². The molecule has 0 saturated carbocycles. The first-order chi connectivity index (χ1) is 14.2. The maximum Gasteiger partial charge on any atom is 0.269 e. The predicted octanol–water partition coefficient (Wildman–Crippen LogP) is 3.94. The highest BCUT2D eigenvalue weighted by Gasteiger charge is 2.23. The number of hydrogen-bond acceptors (Lipinski definition) is 8. The van der Waals surface area contributed by atoms with E-state index >= 15 is 0 Å². The minimum Gasteiger partial charge on any atom is -0.481 e. The molecule has 1 aromatic heterocycles. The number of nitrogens with one attached hydrogen (secondary N) is 1. The molecule has 3 rings (SSSR count). The van der Waals surface area contributed by atoms with Crippen LogP contribution in [0.1, 0.15) is 6.92 Å². The van der Waals surface area contributed by atoms with Crippen LogP contribution in [-0.2, 0) is 14.6 Å². The fourth-order valence-electron chi connectivity index (χ4n) is 2.28. The van der Waals surface area contributed by atoms with Gasteiger partial charge in [-0.05, 0) is 43.3 Å². The first kappa shape index (κ1) is 21.7. The number of anilines is 1. The standard InChI is InChI=1S/C18H14ClN3O6S2/c1-11(28-14-6-2-12(19)3-7-14)17(23)21-18-20-10-16(29-18)30(26,27)15-8-4-13(5-9-15)22(24)25/h2-11H,1H3,(H,20,21,23)/t11-/m0/s1. The van der Waals surface area contributed by atoms with E-state index in [2.05, 4.69) is 10.3 Å². The van der Waals surface area contributed by atoms with Crippen molar-refractivity contribution < 1.29 is 22.9 Å². The van der Waals surface area contributed by atoms with E-state index in [1.54, 1.807) is 24.3 Å². The zero-order chi connectivity index (χ0) is 21.9. The van der Waals surface area contributed by atoms with Gasteiger partial charge in [0, 0.05) is 17.2 Å². The van der Waals surface area contributed by atoms with E-state index in [4.69, 9.17) is 16.3 Å². The van der Waals surface area contributed by atoms with Crippen molar-refractivity contribution in [2.45, 2.75) is 22.1 Å². The van der Waals surface area contributed by atoms with E-state index in [0.717, 1.165) is 41.8 Å². The summed E-state index contributed by atoms with van der Waals surface area (Å²) in [5, 5.41) is 13.8. The van der Waals surface area contributed by atoms with Gasteiger partial charge in [0.15, 0.2) is 11.2 Å². The Bertz CT molecular complexity index is 1180. The fraction of sp³-hybridized carbons (Fsp3) is 0.111. The molecule has 30 heavy (non-hydrogen) atoms. The molecule has 0 aliphatic carbocycles. The number of nitro groups is 1. The van der Waals surface area contributed by atoms with Gasteiger partial charge in [-0.1, -0.05) is 22.9 Å². The summed E-state index contributed by atoms with van der Waals surface area (Å²) in [4.78, 5) is 26.2. The van der Waals surface area contributed by atoms with Crippen LogP contribution in [0.25, 0.3) is 0 Å². The Kier molecular flexibility index (Phi) is 6.34. The maximum absolute atomic E-state index is 12.7. The Balaban J connectivity index is 1.69. The third-order valence-electron chi connectivity index (χ3n) is 3.83. The van der Waals surface area contributed by atoms with Crippen LogP contribution in [0.3, 0.4) is 0 Å². The zero-order valence-electron chi connectivity index (χ0n) is 15.3. The molecular formula is C18H14ClN3O6S2. The molecule has 0 radical (unpaired) electrons. The molecule has 1 N–H and O–H groups in total. The van der Waals surface area contributed by atoms with Gasteiger partial charge in [0.05, 0.1) is 16.0 Å². The zero-order valence-corrected chi connectivity index (χ0v) is 17.7. The topological polar surface area (TPSA) is 128 Å². The lowest BCUT2D eigenvalue weighted by Gasteiger charge is -2.13. The molecule has 0 spiro atoms. The van der Waals surface area contributed by atoms with Crippen molar-refractivity contribution in [1.82, 2.24) is 4.98 Å². The van der Waals surface area contributed by atoms with Gasteiger partial charge < -0.3 is 4.74 Å². The molecule has 2 aromatic carbocycles. The molecule has 1 amide bonds. The summed E-state index contributed by atoms with van der Waals surface area (Å²) >= 11 is 6.56. The van der Waals surface area contributed by atoms with E-state index in [1.165, 1.54) is 6.92 Å². The van der Waals surface area contributed by atoms with Crippen molar-refractivity contribution in [3.8, 4) is 5.75 Å². The highest BCUT2D eigenvalue weighted by molar-refractivity contribution is 7.93. The molecule has 1 atom stereocenters. The summed E-state index contributed by atoms with van der Waals surface area (Å²) in [6, 6.07) is 11.0. The number of ether oxygens (including phenoxy) is 1. The van der Waals surface area contributed by atoms with Crippen LogP contribution in [0.5, 0.6) is 5.75 Å². The molecule has 1 heterocycles. The summed E-state index contributed by atoms with van der Waals surface area (Å²) in [6.07, 6.45) is 0.242. The second-order valence-corrected chi connectivity index (χ2v) is 9.59. The van der Waals surface area contributed by atoms with Crippen molar-refractivity contribution in [2.24, 2.45) is 0 Å². The van der Waals surface area contributed by atoms with Gasteiger partial charge >= 0.3 is 0 Å². The molecule has 0 saturated heterocycles. The summed E-state index contributed by atoms with van der Waals surface area (Å²) < 4.78 is 30.7. The summed E-state index contributed by atoms with van der Waals surface area (Å²) in [6.45, 7) is 1.53. The third-order valence-corrected chi connectivity index (χ3v) is 7.23. The predicted molar refractivity (Wildman–Crippen MR) is 111 cm³/mol. The van der Waals surface area contributed by atoms with Crippen LogP contribution in [0, 0.1) is 10.1 Å². The third kappa shape index (κ3) is 4.93. The Morgan fingerprint density at radius 2 is 1.83 bits per heavy atom.